The fourth-order valence-corrected chi connectivity index (χ4v) is 1.50. The summed E-state index contributed by atoms with van der Waals surface area (Å²) in [4.78, 5) is 14.6. The first-order valence-electron chi connectivity index (χ1n) is 4.40. The number of oxazole rings is 1. The highest BCUT2D eigenvalue weighted by molar-refractivity contribution is 6.28. The van der Waals surface area contributed by atoms with Crippen molar-refractivity contribution < 1.29 is 18.0 Å². The minimum atomic E-state index is -0.902. The maximum Gasteiger partial charge on any atom is 0.293 e. The van der Waals surface area contributed by atoms with E-state index in [1.54, 1.807) is 0 Å². The Labute approximate surface area is 99.0 Å². The minimum absolute atomic E-state index is 0.00398. The molecule has 0 radical (unpaired) electrons. The number of primary amides is 1. The van der Waals surface area contributed by atoms with E-state index in [-0.39, 0.29) is 22.4 Å². The summed E-state index contributed by atoms with van der Waals surface area (Å²) in [6.07, 6.45) is 0. The predicted octanol–water partition coefficient (Wildman–Crippen LogP) is 2.37. The molecule has 4 nitrogen and oxygen atoms in total. The van der Waals surface area contributed by atoms with Crippen molar-refractivity contribution in [3.8, 4) is 11.3 Å². The van der Waals surface area contributed by atoms with Crippen molar-refractivity contribution in [2.45, 2.75) is 0 Å². The van der Waals surface area contributed by atoms with Crippen LogP contribution in [0, 0.1) is 11.6 Å². The van der Waals surface area contributed by atoms with Crippen molar-refractivity contribution >= 4 is 17.5 Å². The SMILES string of the molecule is NC(=O)c1nc(Cl)oc1-c1cc(F)cc(F)c1. The molecule has 0 aliphatic carbocycles. The molecule has 1 heterocycles. The molecule has 1 aromatic carbocycles. The fraction of sp³-hybridized carbons (Fsp3) is 0. The predicted molar refractivity (Wildman–Crippen MR) is 55.4 cm³/mol. The van der Waals surface area contributed by atoms with Crippen molar-refractivity contribution in [3.63, 3.8) is 0 Å². The Bertz CT molecular complexity index is 578. The Morgan fingerprint density at radius 1 is 1.29 bits per heavy atom. The highest BCUT2D eigenvalue weighted by Crippen LogP contribution is 2.28. The van der Waals surface area contributed by atoms with Gasteiger partial charge >= 0.3 is 0 Å². The van der Waals surface area contributed by atoms with Crippen LogP contribution in [0.2, 0.25) is 5.35 Å². The maximum absolute atomic E-state index is 13.0. The van der Waals surface area contributed by atoms with E-state index in [9.17, 15) is 13.6 Å². The Morgan fingerprint density at radius 2 is 1.88 bits per heavy atom. The van der Waals surface area contributed by atoms with Crippen LogP contribution in [0.3, 0.4) is 0 Å². The molecule has 0 aliphatic heterocycles. The number of benzene rings is 1. The van der Waals surface area contributed by atoms with Crippen LogP contribution in [0.15, 0.2) is 22.6 Å². The summed E-state index contributed by atoms with van der Waals surface area (Å²) < 4.78 is 30.9. The van der Waals surface area contributed by atoms with Crippen LogP contribution in [-0.2, 0) is 0 Å². The van der Waals surface area contributed by atoms with Crippen molar-refractivity contribution in [1.29, 1.82) is 0 Å². The van der Waals surface area contributed by atoms with Gasteiger partial charge in [0.15, 0.2) is 11.5 Å². The van der Waals surface area contributed by atoms with Crippen LogP contribution in [0.1, 0.15) is 10.5 Å². The molecule has 0 saturated heterocycles. The van der Waals surface area contributed by atoms with E-state index in [1.165, 1.54) is 0 Å². The number of carbonyl (C=O) groups is 1. The van der Waals surface area contributed by atoms with Gasteiger partial charge in [0.25, 0.3) is 11.3 Å². The molecule has 0 spiro atoms. The normalized spacial score (nSPS) is 10.5. The van der Waals surface area contributed by atoms with Crippen LogP contribution in [-0.4, -0.2) is 10.9 Å². The van der Waals surface area contributed by atoms with E-state index in [0.717, 1.165) is 12.1 Å². The number of aromatic nitrogens is 1. The molecule has 2 N–H and O–H groups in total. The summed E-state index contributed by atoms with van der Waals surface area (Å²) in [5.41, 5.74) is 4.75. The largest absolute Gasteiger partial charge is 0.427 e. The second-order valence-electron chi connectivity index (χ2n) is 3.17. The molecule has 0 saturated carbocycles. The number of hydrogen-bond donors (Lipinski definition) is 1. The van der Waals surface area contributed by atoms with Crippen molar-refractivity contribution in [2.75, 3.05) is 0 Å². The molecular weight excluding hydrogens is 254 g/mol. The summed E-state index contributed by atoms with van der Waals surface area (Å²) in [5.74, 6) is -2.70. The lowest BCUT2D eigenvalue weighted by atomic mass is 10.1. The molecule has 2 rings (SSSR count). The summed E-state index contributed by atoms with van der Waals surface area (Å²) in [6.45, 7) is 0. The lowest BCUT2D eigenvalue weighted by molar-refractivity contribution is 0.0996. The lowest BCUT2D eigenvalue weighted by Crippen LogP contribution is -2.12. The number of nitrogens with two attached hydrogens (primary N) is 1. The van der Waals surface area contributed by atoms with E-state index < -0.39 is 17.5 Å². The first-order valence-corrected chi connectivity index (χ1v) is 4.78. The average Bonchev–Trinajstić information content (AvgIpc) is 2.59. The molecular formula is C10H5ClF2N2O2. The zero-order valence-electron chi connectivity index (χ0n) is 8.21. The van der Waals surface area contributed by atoms with E-state index in [0.29, 0.717) is 6.07 Å². The third-order valence-corrected chi connectivity index (χ3v) is 2.12. The highest BCUT2D eigenvalue weighted by atomic mass is 35.5. The Morgan fingerprint density at radius 3 is 2.41 bits per heavy atom. The maximum atomic E-state index is 13.0. The standard InChI is InChI=1S/C10H5ClF2N2O2/c11-10-15-7(9(14)16)8(17-10)4-1-5(12)3-6(13)2-4/h1-3H,(H2,14,16). The zero-order chi connectivity index (χ0) is 12.6. The monoisotopic (exact) mass is 258 g/mol. The van der Waals surface area contributed by atoms with Gasteiger partial charge in [0.1, 0.15) is 11.6 Å². The molecule has 7 heteroatoms. The molecule has 17 heavy (non-hydrogen) atoms. The number of rotatable bonds is 2. The van der Waals surface area contributed by atoms with Gasteiger partial charge < -0.3 is 10.2 Å². The van der Waals surface area contributed by atoms with E-state index in [1.807, 2.05) is 0 Å². The minimum Gasteiger partial charge on any atom is -0.427 e. The van der Waals surface area contributed by atoms with Gasteiger partial charge in [0, 0.05) is 11.6 Å². The average molecular weight is 259 g/mol. The summed E-state index contributed by atoms with van der Waals surface area (Å²) >= 11 is 5.47. The molecule has 88 valence electrons. The molecule has 1 amide bonds. The molecule has 0 fully saturated rings. The first-order chi connectivity index (χ1) is 7.97. The number of amides is 1. The molecule has 0 bridgehead atoms. The van der Waals surface area contributed by atoms with Crippen molar-refractivity contribution in [2.24, 2.45) is 5.73 Å². The Hall–Kier alpha value is -1.95. The van der Waals surface area contributed by atoms with E-state index in [2.05, 4.69) is 4.98 Å². The van der Waals surface area contributed by atoms with Gasteiger partial charge in [-0.25, -0.2) is 8.78 Å². The summed E-state index contributed by atoms with van der Waals surface area (Å²) in [5, 5.41) is -0.335. The summed E-state index contributed by atoms with van der Waals surface area (Å²) in [6, 6.07) is 2.64. The number of halogens is 3. The van der Waals surface area contributed by atoms with Crippen LogP contribution in [0.5, 0.6) is 0 Å². The zero-order valence-corrected chi connectivity index (χ0v) is 8.96. The second-order valence-corrected chi connectivity index (χ2v) is 3.49. The van der Waals surface area contributed by atoms with Crippen LogP contribution >= 0.6 is 11.6 Å². The van der Waals surface area contributed by atoms with Gasteiger partial charge in [0.2, 0.25) is 0 Å². The number of carbonyl (C=O) groups excluding carboxylic acids is 1. The third-order valence-electron chi connectivity index (χ3n) is 1.96. The van der Waals surface area contributed by atoms with Crippen LogP contribution in [0.4, 0.5) is 8.78 Å². The van der Waals surface area contributed by atoms with Gasteiger partial charge in [0.05, 0.1) is 0 Å². The topological polar surface area (TPSA) is 69.1 Å². The molecule has 0 unspecified atom stereocenters. The lowest BCUT2D eigenvalue weighted by Gasteiger charge is -1.99. The smallest absolute Gasteiger partial charge is 0.293 e. The van der Waals surface area contributed by atoms with Gasteiger partial charge in [-0.1, -0.05) is 0 Å². The van der Waals surface area contributed by atoms with E-state index >= 15 is 0 Å². The van der Waals surface area contributed by atoms with Gasteiger partial charge in [-0.15, -0.1) is 0 Å². The Kier molecular flexibility index (Phi) is 2.81. The van der Waals surface area contributed by atoms with Crippen molar-refractivity contribution in [1.82, 2.24) is 4.98 Å². The first kappa shape index (κ1) is 11.5. The number of nitrogens with zero attached hydrogens (tertiary/aromatic N) is 1. The van der Waals surface area contributed by atoms with Crippen molar-refractivity contribution in [3.05, 3.63) is 40.9 Å². The summed E-state index contributed by atoms with van der Waals surface area (Å²) in [7, 11) is 0. The second kappa shape index (κ2) is 4.14. The van der Waals surface area contributed by atoms with Crippen LogP contribution < -0.4 is 5.73 Å². The van der Waals surface area contributed by atoms with Gasteiger partial charge in [-0.3, -0.25) is 4.79 Å². The van der Waals surface area contributed by atoms with Crippen LogP contribution in [0.25, 0.3) is 11.3 Å². The quantitative estimate of drug-likeness (QED) is 0.899. The van der Waals surface area contributed by atoms with Gasteiger partial charge in [-0.2, -0.15) is 4.98 Å². The van der Waals surface area contributed by atoms with Gasteiger partial charge in [-0.05, 0) is 23.7 Å². The molecule has 0 atom stereocenters. The molecule has 2 aromatic rings. The molecule has 0 aliphatic rings. The highest BCUT2D eigenvalue weighted by Gasteiger charge is 2.19. The third kappa shape index (κ3) is 2.26. The fourth-order valence-electron chi connectivity index (χ4n) is 1.34. The Balaban J connectivity index is 2.63. The number of hydrogen-bond acceptors (Lipinski definition) is 3. The van der Waals surface area contributed by atoms with E-state index in [4.69, 9.17) is 21.8 Å². The molecule has 1 aromatic heterocycles.